The van der Waals surface area contributed by atoms with Gasteiger partial charge in [-0.05, 0) is 37.8 Å². The second-order valence-corrected chi connectivity index (χ2v) is 12.5. The summed E-state index contributed by atoms with van der Waals surface area (Å²) in [6.07, 6.45) is 4.27. The van der Waals surface area contributed by atoms with Crippen molar-refractivity contribution in [3.05, 3.63) is 35.9 Å². The second-order valence-electron chi connectivity index (χ2n) is 12.5. The number of nitrogens with zero attached hydrogens (tertiary/aromatic N) is 2. The molecule has 0 bridgehead atoms. The first kappa shape index (κ1) is 39.0. The van der Waals surface area contributed by atoms with E-state index in [2.05, 4.69) is 16.6 Å². The third-order valence-electron chi connectivity index (χ3n) is 8.62. The van der Waals surface area contributed by atoms with E-state index in [4.69, 9.17) is 6.42 Å². The third kappa shape index (κ3) is 14.1. The van der Waals surface area contributed by atoms with Crippen molar-refractivity contribution < 1.29 is 37.8 Å². The SMILES string of the molecule is C#CC[C@H](O)[C@H](O)[C@H](CC1CCCCC1)NC(=O)[C@H](CC)NC(=O)C(CC(=O)N(C)CCN(C)CC(F)(F)F)Cc1ccccc1. The number of benzene rings is 1. The Balaban J connectivity index is 2.14. The summed E-state index contributed by atoms with van der Waals surface area (Å²) in [6.45, 7) is 0.670. The number of nitrogens with one attached hydrogen (secondary N) is 2. The molecule has 0 radical (unpaired) electrons. The summed E-state index contributed by atoms with van der Waals surface area (Å²) in [6, 6.07) is 7.35. The number of halogens is 3. The quantitative estimate of drug-likeness (QED) is 0.181. The van der Waals surface area contributed by atoms with Crippen LogP contribution in [0.1, 0.15) is 70.3 Å². The van der Waals surface area contributed by atoms with Crippen LogP contribution in [0, 0.1) is 24.2 Å². The van der Waals surface area contributed by atoms with Crippen LogP contribution in [0.25, 0.3) is 0 Å². The van der Waals surface area contributed by atoms with Crippen LogP contribution in [-0.2, 0) is 20.8 Å². The highest BCUT2D eigenvalue weighted by atomic mass is 19.4. The summed E-state index contributed by atoms with van der Waals surface area (Å²) >= 11 is 0. The van der Waals surface area contributed by atoms with Crippen molar-refractivity contribution in [2.45, 2.75) is 102 Å². The molecule has 9 nitrogen and oxygen atoms in total. The van der Waals surface area contributed by atoms with Gasteiger partial charge in [-0.15, -0.1) is 12.3 Å². The van der Waals surface area contributed by atoms with E-state index in [0.29, 0.717) is 6.42 Å². The third-order valence-corrected chi connectivity index (χ3v) is 8.62. The lowest BCUT2D eigenvalue weighted by atomic mass is 9.82. The van der Waals surface area contributed by atoms with Crippen molar-refractivity contribution in [2.24, 2.45) is 11.8 Å². The molecule has 0 aliphatic heterocycles. The zero-order chi connectivity index (χ0) is 34.3. The number of hydrogen-bond acceptors (Lipinski definition) is 6. The molecule has 2 rings (SSSR count). The number of amides is 3. The van der Waals surface area contributed by atoms with Gasteiger partial charge in [0, 0.05) is 33.0 Å². The molecule has 1 unspecified atom stereocenters. The van der Waals surface area contributed by atoms with E-state index in [1.165, 1.54) is 19.0 Å². The van der Waals surface area contributed by atoms with Gasteiger partial charge in [0.1, 0.15) is 12.1 Å². The average molecular weight is 653 g/mol. The van der Waals surface area contributed by atoms with Gasteiger partial charge in [0.25, 0.3) is 0 Å². The number of likely N-dealkylation sites (N-methyl/N-ethyl adjacent to an activating group) is 2. The molecule has 12 heteroatoms. The van der Waals surface area contributed by atoms with E-state index in [0.717, 1.165) is 42.6 Å². The van der Waals surface area contributed by atoms with Crippen LogP contribution in [0.3, 0.4) is 0 Å². The van der Waals surface area contributed by atoms with Crippen molar-refractivity contribution in [3.8, 4) is 12.3 Å². The highest BCUT2D eigenvalue weighted by Crippen LogP contribution is 2.29. The van der Waals surface area contributed by atoms with E-state index in [-0.39, 0.29) is 44.7 Å². The Kier molecular flexibility index (Phi) is 16.6. The van der Waals surface area contributed by atoms with E-state index in [1.807, 2.05) is 30.3 Å². The number of terminal acetylenes is 1. The standard InChI is InChI=1S/C34H51F3N4O5/c1-5-13-29(42)31(44)28(21-25-16-11-8-12-17-25)39-33(46)27(6-2)38-32(45)26(20-24-14-9-7-10-15-24)22-30(43)41(4)19-18-40(3)23-34(35,36)37/h1,7,9-10,14-15,25-29,31,42,44H,6,8,11-13,16-23H2,2-4H3,(H,38,45)(H,39,46)/t26?,27-,28-,29-,31+/m0/s1. The summed E-state index contributed by atoms with van der Waals surface area (Å²) in [4.78, 5) is 42.6. The number of aliphatic hydroxyl groups is 2. The minimum atomic E-state index is -4.35. The normalized spacial score (nSPS) is 17.3. The molecule has 1 aromatic rings. The number of rotatable bonds is 18. The topological polar surface area (TPSA) is 122 Å². The van der Waals surface area contributed by atoms with Crippen LogP contribution in [0.2, 0.25) is 0 Å². The number of aliphatic hydroxyl groups excluding tert-OH is 2. The van der Waals surface area contributed by atoms with Crippen molar-refractivity contribution in [1.29, 1.82) is 0 Å². The lowest BCUT2D eigenvalue weighted by molar-refractivity contribution is -0.144. The first-order valence-electron chi connectivity index (χ1n) is 16.2. The van der Waals surface area contributed by atoms with E-state index in [1.54, 1.807) is 6.92 Å². The van der Waals surface area contributed by atoms with Gasteiger partial charge in [-0.25, -0.2) is 0 Å². The zero-order valence-electron chi connectivity index (χ0n) is 27.3. The molecule has 1 fully saturated rings. The lowest BCUT2D eigenvalue weighted by Gasteiger charge is -2.33. The van der Waals surface area contributed by atoms with Crippen LogP contribution >= 0.6 is 0 Å². The molecule has 1 aliphatic carbocycles. The van der Waals surface area contributed by atoms with Crippen LogP contribution in [-0.4, -0.2) is 102 Å². The van der Waals surface area contributed by atoms with Gasteiger partial charge in [-0.3, -0.25) is 19.3 Å². The van der Waals surface area contributed by atoms with Gasteiger partial charge in [-0.1, -0.05) is 69.4 Å². The zero-order valence-corrected chi connectivity index (χ0v) is 27.3. The predicted octanol–water partition coefficient (Wildman–Crippen LogP) is 3.28. The van der Waals surface area contributed by atoms with Crippen LogP contribution in [0.15, 0.2) is 30.3 Å². The Hall–Kier alpha value is -3.14. The van der Waals surface area contributed by atoms with Gasteiger partial charge in [-0.2, -0.15) is 13.2 Å². The molecule has 1 aliphatic rings. The van der Waals surface area contributed by atoms with Crippen molar-refractivity contribution in [3.63, 3.8) is 0 Å². The summed E-state index contributed by atoms with van der Waals surface area (Å²) in [5.41, 5.74) is 0.804. The molecule has 258 valence electrons. The number of carbonyl (C=O) groups is 3. The molecular weight excluding hydrogens is 601 g/mol. The average Bonchev–Trinajstić information content (AvgIpc) is 3.01. The van der Waals surface area contributed by atoms with E-state index in [9.17, 15) is 37.8 Å². The molecule has 0 spiro atoms. The Bertz CT molecular complexity index is 1120. The van der Waals surface area contributed by atoms with Gasteiger partial charge < -0.3 is 25.7 Å². The Morgan fingerprint density at radius 2 is 1.67 bits per heavy atom. The maximum Gasteiger partial charge on any atom is 0.401 e. The van der Waals surface area contributed by atoms with Gasteiger partial charge in [0.15, 0.2) is 0 Å². The summed E-state index contributed by atoms with van der Waals surface area (Å²) in [5.74, 6) is 0.317. The lowest BCUT2D eigenvalue weighted by Crippen LogP contribution is -2.55. The first-order valence-corrected chi connectivity index (χ1v) is 16.2. The minimum Gasteiger partial charge on any atom is -0.389 e. The second kappa shape index (κ2) is 19.5. The molecule has 0 saturated heterocycles. The molecule has 1 saturated carbocycles. The highest BCUT2D eigenvalue weighted by Gasteiger charge is 2.34. The summed E-state index contributed by atoms with van der Waals surface area (Å²) < 4.78 is 38.1. The fourth-order valence-electron chi connectivity index (χ4n) is 5.85. The molecular formula is C34H51F3N4O5. The molecule has 1 aromatic carbocycles. The smallest absolute Gasteiger partial charge is 0.389 e. The predicted molar refractivity (Wildman–Crippen MR) is 170 cm³/mol. The number of carbonyl (C=O) groups excluding carboxylic acids is 3. The van der Waals surface area contributed by atoms with Crippen molar-refractivity contribution in [2.75, 3.05) is 33.7 Å². The van der Waals surface area contributed by atoms with Gasteiger partial charge >= 0.3 is 6.18 Å². The molecule has 5 atom stereocenters. The van der Waals surface area contributed by atoms with Crippen molar-refractivity contribution in [1.82, 2.24) is 20.4 Å². The Labute approximate surface area is 271 Å². The van der Waals surface area contributed by atoms with Crippen LogP contribution in [0.5, 0.6) is 0 Å². The monoisotopic (exact) mass is 652 g/mol. The van der Waals surface area contributed by atoms with Gasteiger partial charge in [0.05, 0.1) is 24.6 Å². The minimum absolute atomic E-state index is 0.000701. The highest BCUT2D eigenvalue weighted by molar-refractivity contribution is 5.91. The molecule has 46 heavy (non-hydrogen) atoms. The van der Waals surface area contributed by atoms with Crippen molar-refractivity contribution >= 4 is 17.7 Å². The Morgan fingerprint density at radius 3 is 2.26 bits per heavy atom. The fourth-order valence-corrected chi connectivity index (χ4v) is 5.85. The summed E-state index contributed by atoms with van der Waals surface area (Å²) in [7, 11) is 2.80. The fraction of sp³-hybridized carbons (Fsp3) is 0.676. The summed E-state index contributed by atoms with van der Waals surface area (Å²) in [5, 5.41) is 27.0. The maximum absolute atomic E-state index is 13.6. The molecule has 3 amide bonds. The Morgan fingerprint density at radius 1 is 1.02 bits per heavy atom. The first-order chi connectivity index (χ1) is 21.7. The van der Waals surface area contributed by atoms with E-state index >= 15 is 0 Å². The molecule has 4 N–H and O–H groups in total. The van der Waals surface area contributed by atoms with Gasteiger partial charge in [0.2, 0.25) is 17.7 Å². The maximum atomic E-state index is 13.6. The van der Waals surface area contributed by atoms with E-state index < -0.39 is 60.7 Å². The molecule has 0 heterocycles. The number of alkyl halides is 3. The molecule has 0 aromatic heterocycles. The van der Waals surface area contributed by atoms with Crippen LogP contribution < -0.4 is 10.6 Å². The largest absolute Gasteiger partial charge is 0.401 e. The number of hydrogen-bond donors (Lipinski definition) is 4. The van der Waals surface area contributed by atoms with Crippen LogP contribution in [0.4, 0.5) is 13.2 Å².